The molecule has 0 aliphatic rings. The number of carboxylic acids is 1. The monoisotopic (exact) mass is 149 g/mol. The molecule has 0 rings (SSSR count). The Morgan fingerprint density at radius 2 is 1.50 bits per heavy atom. The summed E-state index contributed by atoms with van der Waals surface area (Å²) in [5, 5.41) is 34.1. The summed E-state index contributed by atoms with van der Waals surface area (Å²) in [6.45, 7) is 0. The molecule has 1 radical (unpaired) electrons. The molecule has 2 unspecified atom stereocenters. The van der Waals surface area contributed by atoms with Gasteiger partial charge >= 0.3 is 11.9 Å². The van der Waals surface area contributed by atoms with Crippen molar-refractivity contribution in [2.75, 3.05) is 0 Å². The number of hydrogen-bond acceptors (Lipinski definition) is 4. The number of aliphatic hydroxyl groups is 2. The largest absolute Gasteiger partial charge is 0.479 e. The Morgan fingerprint density at radius 1 is 1.10 bits per heavy atom. The molecule has 0 saturated carbocycles. The van der Waals surface area contributed by atoms with Crippen LogP contribution >= 0.6 is 0 Å². The van der Waals surface area contributed by atoms with Gasteiger partial charge in [0, 0.05) is 0 Å². The minimum Gasteiger partial charge on any atom is -0.479 e. The third-order valence-corrected chi connectivity index (χ3v) is 0.794. The second-order valence-corrected chi connectivity index (χ2v) is 1.55. The van der Waals surface area contributed by atoms with Crippen molar-refractivity contribution >= 4 is 11.9 Å². The Balaban J connectivity index is 4.07. The normalized spacial score (nSPS) is 15.8. The van der Waals surface area contributed by atoms with E-state index in [0.717, 1.165) is 0 Å². The van der Waals surface area contributed by atoms with E-state index in [1.165, 1.54) is 0 Å². The smallest absolute Gasteiger partial charge is 0.387 e. The number of rotatable bonds is 3. The zero-order valence-corrected chi connectivity index (χ0v) is 4.72. The van der Waals surface area contributed by atoms with Crippen LogP contribution in [0.4, 0.5) is 0 Å². The summed E-state index contributed by atoms with van der Waals surface area (Å²) in [5.74, 6) is -3.83. The van der Waals surface area contributed by atoms with E-state index in [1.807, 2.05) is 0 Å². The summed E-state index contributed by atoms with van der Waals surface area (Å²) in [7, 11) is 0. The van der Waals surface area contributed by atoms with Crippen molar-refractivity contribution in [1.82, 2.24) is 0 Å². The quantitative estimate of drug-likeness (QED) is 0.419. The first-order valence-electron chi connectivity index (χ1n) is 2.26. The van der Waals surface area contributed by atoms with Crippen LogP contribution in [0.15, 0.2) is 0 Å². The van der Waals surface area contributed by atoms with Crippen molar-refractivity contribution < 1.29 is 30.0 Å². The summed E-state index contributed by atoms with van der Waals surface area (Å²) in [4.78, 5) is 19.4. The standard InChI is InChI=1S/C4H5O6/c5-1(3(7)8)2(6)4(9)10/h1-2,5-6H,(H,7,8). The van der Waals surface area contributed by atoms with E-state index in [4.69, 9.17) is 15.3 Å². The van der Waals surface area contributed by atoms with Crippen LogP contribution in [-0.2, 0) is 14.7 Å². The molecule has 6 nitrogen and oxygen atoms in total. The Labute approximate surface area is 55.3 Å². The molecule has 0 fully saturated rings. The van der Waals surface area contributed by atoms with Gasteiger partial charge in [-0.05, 0) is 0 Å². The molecule has 0 heterocycles. The molecule has 0 aromatic carbocycles. The lowest BCUT2D eigenvalue weighted by Gasteiger charge is -2.05. The minimum atomic E-state index is -2.38. The summed E-state index contributed by atoms with van der Waals surface area (Å²) >= 11 is 0. The van der Waals surface area contributed by atoms with Crippen LogP contribution in [0.2, 0.25) is 0 Å². The van der Waals surface area contributed by atoms with Gasteiger partial charge in [-0.15, -0.1) is 0 Å². The summed E-state index contributed by atoms with van der Waals surface area (Å²) in [6.07, 6.45) is -4.71. The number of carbonyl (C=O) groups is 2. The van der Waals surface area contributed by atoms with Crippen molar-refractivity contribution in [3.63, 3.8) is 0 Å². The molecular formula is C4H5O6. The van der Waals surface area contributed by atoms with Gasteiger partial charge in [-0.3, -0.25) is 0 Å². The molecule has 0 spiro atoms. The number of hydrogen-bond donors (Lipinski definition) is 3. The molecule has 0 amide bonds. The minimum absolute atomic E-state index is 1.81. The van der Waals surface area contributed by atoms with Gasteiger partial charge in [-0.2, -0.15) is 0 Å². The summed E-state index contributed by atoms with van der Waals surface area (Å²) in [6, 6.07) is 0. The highest BCUT2D eigenvalue weighted by Crippen LogP contribution is 1.93. The maximum absolute atomic E-state index is 9.74. The average molecular weight is 149 g/mol. The van der Waals surface area contributed by atoms with Crippen LogP contribution in [0.25, 0.3) is 0 Å². The van der Waals surface area contributed by atoms with Crippen molar-refractivity contribution in [1.29, 1.82) is 0 Å². The van der Waals surface area contributed by atoms with Gasteiger partial charge in [-0.25, -0.2) is 14.7 Å². The first kappa shape index (κ1) is 8.86. The third kappa shape index (κ3) is 2.00. The Bertz CT molecular complexity index is 134. The maximum atomic E-state index is 9.74. The highest BCUT2D eigenvalue weighted by atomic mass is 16.4. The molecule has 6 heteroatoms. The van der Waals surface area contributed by atoms with Crippen LogP contribution < -0.4 is 0 Å². The van der Waals surface area contributed by atoms with E-state index >= 15 is 0 Å². The fourth-order valence-corrected chi connectivity index (χ4v) is 0.264. The Morgan fingerprint density at radius 3 is 1.60 bits per heavy atom. The predicted molar refractivity (Wildman–Crippen MR) is 25.3 cm³/mol. The van der Waals surface area contributed by atoms with Crippen LogP contribution in [0.1, 0.15) is 0 Å². The number of carboxylic acid groups (broad SMARTS) is 1. The summed E-state index contributed by atoms with van der Waals surface area (Å²) in [5.41, 5.74) is 0. The van der Waals surface area contributed by atoms with E-state index < -0.39 is 24.1 Å². The molecule has 0 aliphatic carbocycles. The van der Waals surface area contributed by atoms with Gasteiger partial charge in [0.05, 0.1) is 0 Å². The highest BCUT2D eigenvalue weighted by Gasteiger charge is 2.30. The van der Waals surface area contributed by atoms with Crippen LogP contribution in [-0.4, -0.2) is 39.5 Å². The van der Waals surface area contributed by atoms with Crippen LogP contribution in [0.3, 0.4) is 0 Å². The number of carbonyl (C=O) groups excluding carboxylic acids is 1. The van der Waals surface area contributed by atoms with Gasteiger partial charge in [-0.1, -0.05) is 0 Å². The zero-order valence-electron chi connectivity index (χ0n) is 4.72. The lowest BCUT2D eigenvalue weighted by atomic mass is 10.2. The average Bonchev–Trinajstić information content (AvgIpc) is 1.84. The fraction of sp³-hybridized carbons (Fsp3) is 0.500. The Kier molecular flexibility index (Phi) is 2.78. The molecule has 0 aromatic heterocycles. The number of aliphatic hydroxyl groups excluding tert-OH is 2. The van der Waals surface area contributed by atoms with Gasteiger partial charge in [0.2, 0.25) is 0 Å². The van der Waals surface area contributed by atoms with Gasteiger partial charge in [0.1, 0.15) is 0 Å². The van der Waals surface area contributed by atoms with Crippen molar-refractivity contribution in [3.05, 3.63) is 0 Å². The van der Waals surface area contributed by atoms with Gasteiger partial charge in [0.25, 0.3) is 0 Å². The van der Waals surface area contributed by atoms with Crippen LogP contribution in [0.5, 0.6) is 0 Å². The zero-order chi connectivity index (χ0) is 8.31. The molecular weight excluding hydrogens is 144 g/mol. The second-order valence-electron chi connectivity index (χ2n) is 1.55. The Hall–Kier alpha value is -1.14. The molecule has 2 atom stereocenters. The highest BCUT2D eigenvalue weighted by molar-refractivity contribution is 5.82. The van der Waals surface area contributed by atoms with Crippen molar-refractivity contribution in [2.24, 2.45) is 0 Å². The fourth-order valence-electron chi connectivity index (χ4n) is 0.264. The molecule has 57 valence electrons. The van der Waals surface area contributed by atoms with Crippen molar-refractivity contribution in [3.8, 4) is 0 Å². The third-order valence-electron chi connectivity index (χ3n) is 0.794. The van der Waals surface area contributed by atoms with E-state index in [1.54, 1.807) is 0 Å². The van der Waals surface area contributed by atoms with E-state index in [2.05, 4.69) is 0 Å². The van der Waals surface area contributed by atoms with Crippen molar-refractivity contribution in [2.45, 2.75) is 12.2 Å². The topological polar surface area (TPSA) is 115 Å². The van der Waals surface area contributed by atoms with Gasteiger partial charge in [0.15, 0.2) is 12.2 Å². The molecule has 0 saturated heterocycles. The van der Waals surface area contributed by atoms with Gasteiger partial charge < -0.3 is 15.3 Å². The predicted octanol–water partition coefficient (Wildman–Crippen LogP) is -2.25. The number of aliphatic carboxylic acids is 1. The molecule has 3 N–H and O–H groups in total. The molecule has 0 aliphatic heterocycles. The van der Waals surface area contributed by atoms with E-state index in [9.17, 15) is 14.7 Å². The first-order valence-corrected chi connectivity index (χ1v) is 2.26. The summed E-state index contributed by atoms with van der Waals surface area (Å²) < 4.78 is 0. The molecule has 0 aromatic rings. The second kappa shape index (κ2) is 3.14. The van der Waals surface area contributed by atoms with Crippen LogP contribution in [0, 0.1) is 0 Å². The lowest BCUT2D eigenvalue weighted by molar-refractivity contribution is -0.169. The maximum Gasteiger partial charge on any atom is 0.387 e. The molecule has 10 heavy (non-hydrogen) atoms. The van der Waals surface area contributed by atoms with E-state index in [-0.39, 0.29) is 0 Å². The SMILES string of the molecule is [O]C(=O)C(O)C(O)C(=O)O. The molecule has 0 bridgehead atoms. The lowest BCUT2D eigenvalue weighted by Crippen LogP contribution is -2.38. The first-order chi connectivity index (χ1) is 4.46. The van der Waals surface area contributed by atoms with E-state index in [0.29, 0.717) is 0 Å².